The van der Waals surface area contributed by atoms with Crippen LogP contribution in [0.5, 0.6) is 0 Å². The summed E-state index contributed by atoms with van der Waals surface area (Å²) in [5.41, 5.74) is 1.34. The van der Waals surface area contributed by atoms with E-state index in [4.69, 9.17) is 4.42 Å². The molecule has 1 saturated heterocycles. The van der Waals surface area contributed by atoms with Crippen molar-refractivity contribution in [2.75, 3.05) is 32.4 Å². The van der Waals surface area contributed by atoms with E-state index in [9.17, 15) is 4.79 Å². The molecule has 23 heavy (non-hydrogen) atoms. The Labute approximate surface area is 141 Å². The second kappa shape index (κ2) is 7.70. The Balaban J connectivity index is 1.59. The number of carbonyl (C=O) groups excluding carboxylic acids is 1. The van der Waals surface area contributed by atoms with Crippen LogP contribution in [0.15, 0.2) is 52.0 Å². The molecule has 0 bridgehead atoms. The summed E-state index contributed by atoms with van der Waals surface area (Å²) in [5, 5.41) is 0. The third kappa shape index (κ3) is 4.18. The highest BCUT2D eigenvalue weighted by molar-refractivity contribution is 7.98. The molecule has 1 amide bonds. The smallest absolute Gasteiger partial charge is 0.289 e. The van der Waals surface area contributed by atoms with Crippen LogP contribution >= 0.6 is 11.8 Å². The van der Waals surface area contributed by atoms with Gasteiger partial charge in [-0.1, -0.05) is 12.1 Å². The third-order valence-corrected chi connectivity index (χ3v) is 4.87. The zero-order valence-corrected chi connectivity index (χ0v) is 14.2. The van der Waals surface area contributed by atoms with Gasteiger partial charge in [0.1, 0.15) is 0 Å². The van der Waals surface area contributed by atoms with Crippen molar-refractivity contribution in [1.82, 2.24) is 9.80 Å². The van der Waals surface area contributed by atoms with Gasteiger partial charge in [0.15, 0.2) is 5.76 Å². The summed E-state index contributed by atoms with van der Waals surface area (Å²) in [6, 6.07) is 12.2. The predicted molar refractivity (Wildman–Crippen MR) is 92.7 cm³/mol. The first-order chi connectivity index (χ1) is 11.3. The van der Waals surface area contributed by atoms with Crippen molar-refractivity contribution in [3.63, 3.8) is 0 Å². The predicted octanol–water partition coefficient (Wildman–Crippen LogP) is 3.35. The van der Waals surface area contributed by atoms with Crippen LogP contribution in [0, 0.1) is 0 Å². The Morgan fingerprint density at radius 2 is 2.09 bits per heavy atom. The van der Waals surface area contributed by atoms with Crippen LogP contribution in [0.4, 0.5) is 0 Å². The lowest BCUT2D eigenvalue weighted by Crippen LogP contribution is -2.34. The molecule has 0 N–H and O–H groups in total. The van der Waals surface area contributed by atoms with Crippen LogP contribution in [0.1, 0.15) is 22.5 Å². The zero-order chi connectivity index (χ0) is 16.1. The Morgan fingerprint density at radius 3 is 2.87 bits per heavy atom. The van der Waals surface area contributed by atoms with Crippen LogP contribution in [0.2, 0.25) is 0 Å². The topological polar surface area (TPSA) is 36.7 Å². The Morgan fingerprint density at radius 1 is 1.17 bits per heavy atom. The van der Waals surface area contributed by atoms with E-state index in [-0.39, 0.29) is 5.91 Å². The van der Waals surface area contributed by atoms with Gasteiger partial charge < -0.3 is 9.32 Å². The molecule has 1 aromatic carbocycles. The van der Waals surface area contributed by atoms with Crippen molar-refractivity contribution in [2.45, 2.75) is 17.9 Å². The first-order valence-corrected chi connectivity index (χ1v) is 9.17. The minimum absolute atomic E-state index is 0.00114. The van der Waals surface area contributed by atoms with Crippen LogP contribution in [-0.2, 0) is 6.54 Å². The fourth-order valence-corrected chi connectivity index (χ4v) is 3.40. The molecule has 122 valence electrons. The zero-order valence-electron chi connectivity index (χ0n) is 13.4. The summed E-state index contributed by atoms with van der Waals surface area (Å²) in [6.45, 7) is 4.40. The maximum Gasteiger partial charge on any atom is 0.289 e. The number of rotatable bonds is 4. The number of hydrogen-bond acceptors (Lipinski definition) is 4. The van der Waals surface area contributed by atoms with Gasteiger partial charge >= 0.3 is 0 Å². The number of carbonyl (C=O) groups is 1. The first kappa shape index (κ1) is 16.1. The van der Waals surface area contributed by atoms with E-state index in [1.807, 2.05) is 4.90 Å². The van der Waals surface area contributed by atoms with E-state index in [2.05, 4.69) is 35.4 Å². The summed E-state index contributed by atoms with van der Waals surface area (Å²) in [5.74, 6) is 0.437. The normalized spacial score (nSPS) is 16.3. The number of thioether (sulfide) groups is 1. The van der Waals surface area contributed by atoms with Gasteiger partial charge in [-0.2, -0.15) is 0 Å². The lowest BCUT2D eigenvalue weighted by molar-refractivity contribution is 0.0729. The highest BCUT2D eigenvalue weighted by Gasteiger charge is 2.21. The molecule has 1 aliphatic heterocycles. The van der Waals surface area contributed by atoms with Gasteiger partial charge in [0.25, 0.3) is 5.91 Å². The number of amides is 1. The van der Waals surface area contributed by atoms with Crippen molar-refractivity contribution in [2.24, 2.45) is 0 Å². The van der Waals surface area contributed by atoms with Crippen molar-refractivity contribution in [1.29, 1.82) is 0 Å². The molecule has 0 saturated carbocycles. The van der Waals surface area contributed by atoms with Gasteiger partial charge in [-0.25, -0.2) is 0 Å². The van der Waals surface area contributed by atoms with Gasteiger partial charge in [-0.15, -0.1) is 11.8 Å². The molecule has 0 aliphatic carbocycles. The molecule has 1 fully saturated rings. The van der Waals surface area contributed by atoms with Gasteiger partial charge in [0.2, 0.25) is 0 Å². The average molecular weight is 330 g/mol. The van der Waals surface area contributed by atoms with Gasteiger partial charge in [0.05, 0.1) is 6.26 Å². The molecule has 5 heteroatoms. The Bertz CT molecular complexity index is 642. The molecular weight excluding hydrogens is 308 g/mol. The highest BCUT2D eigenvalue weighted by atomic mass is 32.2. The fourth-order valence-electron chi connectivity index (χ4n) is 2.92. The van der Waals surface area contributed by atoms with Crippen molar-refractivity contribution in [3.8, 4) is 0 Å². The van der Waals surface area contributed by atoms with Crippen molar-refractivity contribution >= 4 is 17.7 Å². The second-order valence-electron chi connectivity index (χ2n) is 5.75. The molecule has 1 aliphatic rings. The molecule has 2 heterocycles. The second-order valence-corrected chi connectivity index (χ2v) is 6.63. The Hall–Kier alpha value is -1.72. The quantitative estimate of drug-likeness (QED) is 0.806. The summed E-state index contributed by atoms with van der Waals surface area (Å²) in [4.78, 5) is 18.0. The largest absolute Gasteiger partial charge is 0.459 e. The standard InChI is InChI=1S/C18H22N2O2S/c1-23-16-6-2-5-15(13-16)14-19-8-4-9-20(11-10-19)18(21)17-7-3-12-22-17/h2-3,5-7,12-13H,4,8-11,14H2,1H3. The summed E-state index contributed by atoms with van der Waals surface area (Å²) < 4.78 is 5.23. The minimum Gasteiger partial charge on any atom is -0.459 e. The van der Waals surface area contributed by atoms with Crippen molar-refractivity contribution in [3.05, 3.63) is 54.0 Å². The maximum absolute atomic E-state index is 12.4. The van der Waals surface area contributed by atoms with Crippen LogP contribution in [0.25, 0.3) is 0 Å². The summed E-state index contributed by atoms with van der Waals surface area (Å²) in [7, 11) is 0. The lowest BCUT2D eigenvalue weighted by Gasteiger charge is -2.21. The summed E-state index contributed by atoms with van der Waals surface area (Å²) in [6.07, 6.45) is 4.65. The van der Waals surface area contributed by atoms with Crippen molar-refractivity contribution < 1.29 is 9.21 Å². The monoisotopic (exact) mass is 330 g/mol. The molecule has 1 aromatic heterocycles. The van der Waals surface area contributed by atoms with Crippen LogP contribution < -0.4 is 0 Å². The van der Waals surface area contributed by atoms with Gasteiger partial charge in [-0.3, -0.25) is 9.69 Å². The molecule has 0 radical (unpaired) electrons. The number of benzene rings is 1. The molecular formula is C18H22N2O2S. The number of hydrogen-bond donors (Lipinski definition) is 0. The third-order valence-electron chi connectivity index (χ3n) is 4.15. The molecule has 0 atom stereocenters. The maximum atomic E-state index is 12.4. The van der Waals surface area contributed by atoms with E-state index < -0.39 is 0 Å². The molecule has 0 unspecified atom stereocenters. The van der Waals surface area contributed by atoms with E-state index in [0.29, 0.717) is 5.76 Å². The van der Waals surface area contributed by atoms with Crippen LogP contribution in [-0.4, -0.2) is 48.1 Å². The molecule has 3 rings (SSSR count). The average Bonchev–Trinajstić information content (AvgIpc) is 3.02. The molecule has 4 nitrogen and oxygen atoms in total. The fraction of sp³-hybridized carbons (Fsp3) is 0.389. The number of furan rings is 1. The van der Waals surface area contributed by atoms with E-state index >= 15 is 0 Å². The highest BCUT2D eigenvalue weighted by Crippen LogP contribution is 2.18. The van der Waals surface area contributed by atoms with Crippen LogP contribution in [0.3, 0.4) is 0 Å². The molecule has 2 aromatic rings. The first-order valence-electron chi connectivity index (χ1n) is 7.94. The van der Waals surface area contributed by atoms with E-state index in [1.54, 1.807) is 30.2 Å². The van der Waals surface area contributed by atoms with E-state index in [1.165, 1.54) is 10.5 Å². The minimum atomic E-state index is 0.00114. The van der Waals surface area contributed by atoms with E-state index in [0.717, 1.165) is 39.1 Å². The lowest BCUT2D eigenvalue weighted by atomic mass is 10.2. The van der Waals surface area contributed by atoms with Gasteiger partial charge in [0, 0.05) is 37.6 Å². The summed E-state index contributed by atoms with van der Waals surface area (Å²) >= 11 is 1.77. The number of nitrogens with zero attached hydrogens (tertiary/aromatic N) is 2. The Kier molecular flexibility index (Phi) is 5.41. The SMILES string of the molecule is CSc1cccc(CN2CCCN(C(=O)c3ccco3)CC2)c1. The molecule has 0 spiro atoms. The van der Waals surface area contributed by atoms with Gasteiger partial charge in [-0.05, 0) is 42.5 Å².